The Morgan fingerprint density at radius 2 is 1.63 bits per heavy atom. The van der Waals surface area contributed by atoms with Gasteiger partial charge in [0.15, 0.2) is 0 Å². The largest absolute Gasteiger partial charge is 0.418 e. The summed E-state index contributed by atoms with van der Waals surface area (Å²) in [6.07, 6.45) is -4.81. The zero-order valence-corrected chi connectivity index (χ0v) is 24.6. The highest BCUT2D eigenvalue weighted by atomic mass is 35.5. The lowest BCUT2D eigenvalue weighted by Crippen LogP contribution is -2.33. The quantitative estimate of drug-likeness (QED) is 0.257. The van der Waals surface area contributed by atoms with E-state index in [2.05, 4.69) is 5.32 Å². The molecule has 0 spiro atoms. The van der Waals surface area contributed by atoms with Crippen LogP contribution in [0.15, 0.2) is 82.6 Å². The molecule has 1 aromatic heterocycles. The SMILES string of the molecule is Cc1ccc(NC(=O)Cn2c3c(sc2=O)C(c2ccc(Cl)cc2)C2C(=O)N(c4ccccc4C(F)(F)F)C(=O)C2S3)cc1. The Kier molecular flexibility index (Phi) is 7.47. The molecule has 43 heavy (non-hydrogen) atoms. The number of alkyl halides is 3. The number of benzene rings is 3. The van der Waals surface area contributed by atoms with Gasteiger partial charge < -0.3 is 5.32 Å². The van der Waals surface area contributed by atoms with Gasteiger partial charge in [-0.3, -0.25) is 23.7 Å². The number of imide groups is 1. The maximum atomic E-state index is 13.9. The predicted octanol–water partition coefficient (Wildman–Crippen LogP) is 6.32. The van der Waals surface area contributed by atoms with Gasteiger partial charge in [0, 0.05) is 21.5 Å². The van der Waals surface area contributed by atoms with Crippen molar-refractivity contribution in [2.24, 2.45) is 5.92 Å². The molecule has 3 heterocycles. The molecular weight excluding hydrogens is 623 g/mol. The van der Waals surface area contributed by atoms with Gasteiger partial charge in [-0.05, 0) is 48.9 Å². The molecule has 3 aromatic carbocycles. The van der Waals surface area contributed by atoms with Crippen LogP contribution in [0.2, 0.25) is 5.02 Å². The van der Waals surface area contributed by atoms with Crippen LogP contribution in [0.25, 0.3) is 0 Å². The molecule has 7 nitrogen and oxygen atoms in total. The van der Waals surface area contributed by atoms with Crippen LogP contribution >= 0.6 is 34.7 Å². The van der Waals surface area contributed by atoms with Crippen molar-refractivity contribution < 1.29 is 27.6 Å². The zero-order valence-electron chi connectivity index (χ0n) is 22.2. The van der Waals surface area contributed by atoms with Gasteiger partial charge in [0.1, 0.15) is 11.8 Å². The average Bonchev–Trinajstić information content (AvgIpc) is 3.40. The summed E-state index contributed by atoms with van der Waals surface area (Å²) in [4.78, 5) is 54.6. The van der Waals surface area contributed by atoms with E-state index in [4.69, 9.17) is 11.6 Å². The molecule has 1 N–H and O–H groups in total. The number of thioether (sulfide) groups is 1. The molecule has 1 fully saturated rings. The Balaban J connectivity index is 1.43. The number of anilines is 2. The maximum absolute atomic E-state index is 13.9. The summed E-state index contributed by atoms with van der Waals surface area (Å²) >= 11 is 7.87. The van der Waals surface area contributed by atoms with E-state index in [1.54, 1.807) is 36.4 Å². The first kappa shape index (κ1) is 29.2. The molecule has 2 aliphatic rings. The van der Waals surface area contributed by atoms with Crippen LogP contribution < -0.4 is 15.1 Å². The number of aromatic nitrogens is 1. The third kappa shape index (κ3) is 5.28. The van der Waals surface area contributed by atoms with E-state index in [1.807, 2.05) is 19.1 Å². The average molecular weight is 644 g/mol. The van der Waals surface area contributed by atoms with Crippen LogP contribution in [0.4, 0.5) is 24.5 Å². The van der Waals surface area contributed by atoms with Crippen molar-refractivity contribution in [3.63, 3.8) is 0 Å². The molecule has 4 aromatic rings. The van der Waals surface area contributed by atoms with Crippen molar-refractivity contribution in [2.75, 3.05) is 10.2 Å². The van der Waals surface area contributed by atoms with Gasteiger partial charge in [-0.15, -0.1) is 0 Å². The van der Waals surface area contributed by atoms with Crippen molar-refractivity contribution in [3.8, 4) is 0 Å². The lowest BCUT2D eigenvalue weighted by Gasteiger charge is -2.30. The Labute approximate surface area is 256 Å². The third-order valence-electron chi connectivity index (χ3n) is 7.37. The molecule has 0 aliphatic carbocycles. The van der Waals surface area contributed by atoms with E-state index in [9.17, 15) is 32.3 Å². The van der Waals surface area contributed by atoms with Crippen LogP contribution in [0, 0.1) is 12.8 Å². The lowest BCUT2D eigenvalue weighted by molar-refractivity contribution is -0.137. The molecule has 2 aliphatic heterocycles. The van der Waals surface area contributed by atoms with Gasteiger partial charge in [0.2, 0.25) is 17.7 Å². The third-order valence-corrected chi connectivity index (χ3v) is 10.2. The first-order valence-corrected chi connectivity index (χ1v) is 15.1. The second-order valence-corrected chi connectivity index (χ2v) is 12.7. The number of fused-ring (bicyclic) bond motifs is 2. The molecule has 3 atom stereocenters. The summed E-state index contributed by atoms with van der Waals surface area (Å²) < 4.78 is 43.0. The summed E-state index contributed by atoms with van der Waals surface area (Å²) in [6, 6.07) is 18.1. The number of nitrogens with one attached hydrogen (secondary N) is 1. The lowest BCUT2D eigenvalue weighted by atomic mass is 9.83. The Morgan fingerprint density at radius 3 is 2.30 bits per heavy atom. The molecule has 6 rings (SSSR count). The minimum atomic E-state index is -4.81. The van der Waals surface area contributed by atoms with Gasteiger partial charge in [-0.25, -0.2) is 4.90 Å². The van der Waals surface area contributed by atoms with Gasteiger partial charge >= 0.3 is 11.0 Å². The minimum absolute atomic E-state index is 0.322. The van der Waals surface area contributed by atoms with Crippen LogP contribution in [0.5, 0.6) is 0 Å². The number of carbonyl (C=O) groups is 3. The Morgan fingerprint density at radius 1 is 0.953 bits per heavy atom. The number of carbonyl (C=O) groups excluding carboxylic acids is 3. The number of nitrogens with zero attached hydrogens (tertiary/aromatic N) is 2. The molecule has 3 amide bonds. The highest BCUT2D eigenvalue weighted by Crippen LogP contribution is 2.54. The monoisotopic (exact) mass is 643 g/mol. The molecule has 0 saturated carbocycles. The summed E-state index contributed by atoms with van der Waals surface area (Å²) in [5.41, 5.74) is 0.444. The van der Waals surface area contributed by atoms with Crippen molar-refractivity contribution in [1.29, 1.82) is 0 Å². The fraction of sp³-hybridized carbons (Fsp3) is 0.200. The van der Waals surface area contributed by atoms with Crippen molar-refractivity contribution in [1.82, 2.24) is 4.57 Å². The molecule has 220 valence electrons. The molecule has 0 bridgehead atoms. The zero-order chi connectivity index (χ0) is 30.6. The summed E-state index contributed by atoms with van der Waals surface area (Å²) in [6.45, 7) is 1.54. The molecule has 3 unspecified atom stereocenters. The highest BCUT2D eigenvalue weighted by molar-refractivity contribution is 8.00. The van der Waals surface area contributed by atoms with Crippen LogP contribution in [0.3, 0.4) is 0 Å². The summed E-state index contributed by atoms with van der Waals surface area (Å²) in [7, 11) is 0. The summed E-state index contributed by atoms with van der Waals surface area (Å²) in [5, 5.41) is 2.35. The number of amides is 3. The standard InChI is InChI=1S/C30H21ClF3N3O4S2/c1-15-6-12-18(13-7-15)35-21(38)14-36-28-25(43-29(36)41)22(16-8-10-17(31)11-9-16)23-24(42-28)27(40)37(26(23)39)20-5-3-2-4-19(20)30(32,33)34/h2-13,22-24H,14H2,1H3,(H,35,38). The first-order chi connectivity index (χ1) is 20.4. The predicted molar refractivity (Wildman–Crippen MR) is 159 cm³/mol. The van der Waals surface area contributed by atoms with E-state index in [0.717, 1.165) is 40.8 Å². The number of hydrogen-bond donors (Lipinski definition) is 1. The maximum Gasteiger partial charge on any atom is 0.418 e. The van der Waals surface area contributed by atoms with Crippen molar-refractivity contribution in [3.05, 3.63) is 109 Å². The fourth-order valence-electron chi connectivity index (χ4n) is 5.41. The fourth-order valence-corrected chi connectivity index (χ4v) is 8.31. The second kappa shape index (κ2) is 11.0. The van der Waals surface area contributed by atoms with Gasteiger partial charge in [0.25, 0.3) is 0 Å². The highest BCUT2D eigenvalue weighted by Gasteiger charge is 2.57. The summed E-state index contributed by atoms with van der Waals surface area (Å²) in [5.74, 6) is -4.03. The number of thiazole rings is 1. The van der Waals surface area contributed by atoms with Crippen molar-refractivity contribution in [2.45, 2.75) is 35.8 Å². The van der Waals surface area contributed by atoms with Crippen molar-refractivity contribution >= 4 is 63.8 Å². The minimum Gasteiger partial charge on any atom is -0.325 e. The Bertz CT molecular complexity index is 1820. The molecule has 0 radical (unpaired) electrons. The molecule has 1 saturated heterocycles. The van der Waals surface area contributed by atoms with E-state index < -0.39 is 57.1 Å². The van der Waals surface area contributed by atoms with Crippen LogP contribution in [0.1, 0.15) is 27.5 Å². The second-order valence-electron chi connectivity index (χ2n) is 10.2. The number of para-hydroxylation sites is 1. The van der Waals surface area contributed by atoms with Gasteiger partial charge in [0.05, 0.1) is 22.2 Å². The van der Waals surface area contributed by atoms with Crippen LogP contribution in [-0.2, 0) is 27.1 Å². The molecular formula is C30H21ClF3N3O4S2. The first-order valence-electron chi connectivity index (χ1n) is 13.0. The Hall–Kier alpha value is -3.87. The number of aryl methyl sites for hydroxylation is 1. The van der Waals surface area contributed by atoms with Crippen LogP contribution in [-0.4, -0.2) is 27.5 Å². The number of rotatable bonds is 5. The van der Waals surface area contributed by atoms with Gasteiger partial charge in [-0.1, -0.05) is 76.7 Å². The van der Waals surface area contributed by atoms with E-state index in [0.29, 0.717) is 31.1 Å². The number of hydrogen-bond acceptors (Lipinski definition) is 6. The van der Waals surface area contributed by atoms with E-state index in [-0.39, 0.29) is 6.54 Å². The van der Waals surface area contributed by atoms with E-state index in [1.165, 1.54) is 16.7 Å². The molecule has 13 heteroatoms. The van der Waals surface area contributed by atoms with E-state index >= 15 is 0 Å². The topological polar surface area (TPSA) is 88.5 Å². The number of halogens is 4. The van der Waals surface area contributed by atoms with Gasteiger partial charge in [-0.2, -0.15) is 13.2 Å². The smallest absolute Gasteiger partial charge is 0.325 e. The normalized spacial score (nSPS) is 19.7.